The third kappa shape index (κ3) is 4.32. The van der Waals surface area contributed by atoms with Crippen molar-refractivity contribution in [3.63, 3.8) is 0 Å². The van der Waals surface area contributed by atoms with Gasteiger partial charge in [-0.3, -0.25) is 0 Å². The molecule has 1 unspecified atom stereocenters. The molecule has 0 bridgehead atoms. The fraction of sp³-hybridized carbons (Fsp3) is 0.350. The molecule has 1 atom stereocenters. The SMILES string of the molecule is CCOC(=O)Oc1ccc2c(c1)C(Cl)(c1ccccc1)CN(C)CC2.Cl. The second-order valence-corrected chi connectivity index (χ2v) is 6.90. The van der Waals surface area contributed by atoms with Gasteiger partial charge >= 0.3 is 6.16 Å². The van der Waals surface area contributed by atoms with Crippen LogP contribution in [0.15, 0.2) is 48.5 Å². The Bertz CT molecular complexity index is 754. The van der Waals surface area contributed by atoms with Gasteiger partial charge in [0.1, 0.15) is 10.6 Å². The van der Waals surface area contributed by atoms with Gasteiger partial charge in [-0.05, 0) is 49.2 Å². The Balaban J connectivity index is 0.00000243. The third-order valence-corrected chi connectivity index (χ3v) is 4.99. The average Bonchev–Trinajstić information content (AvgIpc) is 2.73. The van der Waals surface area contributed by atoms with E-state index in [0.29, 0.717) is 12.3 Å². The summed E-state index contributed by atoms with van der Waals surface area (Å²) < 4.78 is 10.2. The molecule has 26 heavy (non-hydrogen) atoms. The van der Waals surface area contributed by atoms with Gasteiger partial charge in [-0.25, -0.2) is 4.79 Å². The molecule has 140 valence electrons. The summed E-state index contributed by atoms with van der Waals surface area (Å²) in [4.78, 5) is 13.2. The lowest BCUT2D eigenvalue weighted by Gasteiger charge is -2.31. The molecule has 0 aromatic heterocycles. The summed E-state index contributed by atoms with van der Waals surface area (Å²) in [5, 5.41) is 0. The summed E-state index contributed by atoms with van der Waals surface area (Å²) in [5.74, 6) is 0.447. The van der Waals surface area contributed by atoms with E-state index >= 15 is 0 Å². The second-order valence-electron chi connectivity index (χ2n) is 6.26. The summed E-state index contributed by atoms with van der Waals surface area (Å²) in [6.45, 7) is 3.62. The van der Waals surface area contributed by atoms with Crippen LogP contribution >= 0.6 is 24.0 Å². The number of carbonyl (C=O) groups is 1. The molecule has 2 aromatic carbocycles. The zero-order valence-corrected chi connectivity index (χ0v) is 16.5. The number of fused-ring (bicyclic) bond motifs is 1. The first-order valence-corrected chi connectivity index (χ1v) is 8.81. The maximum atomic E-state index is 11.6. The number of alkyl halides is 1. The zero-order valence-electron chi connectivity index (χ0n) is 14.9. The molecule has 6 heteroatoms. The van der Waals surface area contributed by atoms with Crippen molar-refractivity contribution in [3.8, 4) is 5.75 Å². The van der Waals surface area contributed by atoms with E-state index in [4.69, 9.17) is 21.1 Å². The molecule has 0 N–H and O–H groups in total. The van der Waals surface area contributed by atoms with Crippen LogP contribution in [0.1, 0.15) is 23.6 Å². The first-order valence-electron chi connectivity index (χ1n) is 8.44. The lowest BCUT2D eigenvalue weighted by atomic mass is 9.87. The van der Waals surface area contributed by atoms with Gasteiger partial charge in [0.25, 0.3) is 0 Å². The van der Waals surface area contributed by atoms with Crippen LogP contribution in [0.5, 0.6) is 5.75 Å². The maximum Gasteiger partial charge on any atom is 0.513 e. The molecule has 0 amide bonds. The predicted octanol–water partition coefficient (Wildman–Crippen LogP) is 4.61. The molecule has 0 radical (unpaired) electrons. The molecule has 2 aromatic rings. The van der Waals surface area contributed by atoms with Crippen molar-refractivity contribution in [1.29, 1.82) is 0 Å². The minimum Gasteiger partial charge on any atom is -0.434 e. The Morgan fingerprint density at radius 3 is 2.65 bits per heavy atom. The summed E-state index contributed by atoms with van der Waals surface area (Å²) in [6.07, 6.45) is 0.195. The number of carbonyl (C=O) groups excluding carboxylic acids is 1. The molecule has 0 fully saturated rings. The molecule has 0 saturated carbocycles. The van der Waals surface area contributed by atoms with Crippen LogP contribution in [0.3, 0.4) is 0 Å². The van der Waals surface area contributed by atoms with Gasteiger partial charge in [-0.2, -0.15) is 0 Å². The van der Waals surface area contributed by atoms with E-state index in [9.17, 15) is 4.79 Å². The number of hydrogen-bond acceptors (Lipinski definition) is 4. The van der Waals surface area contributed by atoms with Gasteiger partial charge in [-0.1, -0.05) is 36.4 Å². The van der Waals surface area contributed by atoms with E-state index in [1.807, 2.05) is 42.5 Å². The second kappa shape index (κ2) is 8.76. The lowest BCUT2D eigenvalue weighted by molar-refractivity contribution is 0.104. The molecular formula is C20H23Cl2NO3. The van der Waals surface area contributed by atoms with E-state index in [2.05, 4.69) is 11.9 Å². The minimum atomic E-state index is -0.701. The highest BCUT2D eigenvalue weighted by Crippen LogP contribution is 2.42. The van der Waals surface area contributed by atoms with E-state index in [1.54, 1.807) is 13.0 Å². The largest absolute Gasteiger partial charge is 0.513 e. The summed E-state index contributed by atoms with van der Waals surface area (Å²) in [7, 11) is 2.07. The highest BCUT2D eigenvalue weighted by Gasteiger charge is 2.37. The van der Waals surface area contributed by atoms with Crippen molar-refractivity contribution in [2.24, 2.45) is 0 Å². The Hall–Kier alpha value is -1.75. The Labute approximate surface area is 165 Å². The fourth-order valence-corrected chi connectivity index (χ4v) is 3.75. The fourth-order valence-electron chi connectivity index (χ4n) is 3.25. The van der Waals surface area contributed by atoms with Crippen LogP contribution in [0.25, 0.3) is 0 Å². The van der Waals surface area contributed by atoms with Crippen LogP contribution in [0.2, 0.25) is 0 Å². The molecule has 4 nitrogen and oxygen atoms in total. The van der Waals surface area contributed by atoms with Crippen molar-refractivity contribution in [1.82, 2.24) is 4.90 Å². The maximum absolute atomic E-state index is 11.6. The first kappa shape index (κ1) is 20.6. The monoisotopic (exact) mass is 395 g/mol. The molecular weight excluding hydrogens is 373 g/mol. The number of nitrogens with zero attached hydrogens (tertiary/aromatic N) is 1. The van der Waals surface area contributed by atoms with Crippen LogP contribution in [0, 0.1) is 0 Å². The number of benzene rings is 2. The molecule has 3 rings (SSSR count). The first-order chi connectivity index (χ1) is 12.0. The Kier molecular flexibility index (Phi) is 6.93. The summed E-state index contributed by atoms with van der Waals surface area (Å²) in [5.41, 5.74) is 3.17. The smallest absolute Gasteiger partial charge is 0.434 e. The van der Waals surface area contributed by atoms with Crippen LogP contribution < -0.4 is 4.74 Å². The Morgan fingerprint density at radius 1 is 1.23 bits per heavy atom. The van der Waals surface area contributed by atoms with Gasteiger partial charge in [0.2, 0.25) is 0 Å². The lowest BCUT2D eigenvalue weighted by Crippen LogP contribution is -2.34. The number of halogens is 2. The van der Waals surface area contributed by atoms with E-state index in [1.165, 1.54) is 5.56 Å². The standard InChI is InChI=1S/C20H22ClNO3.ClH/c1-3-24-19(23)25-17-10-9-15-11-12-22(2)14-20(21,18(15)13-17)16-7-5-4-6-8-16;/h4-10,13H,3,11-12,14H2,1-2H3;1H. The van der Waals surface area contributed by atoms with Gasteiger partial charge in [-0.15, -0.1) is 24.0 Å². The van der Waals surface area contributed by atoms with E-state index in [0.717, 1.165) is 24.1 Å². The van der Waals surface area contributed by atoms with Crippen molar-refractivity contribution < 1.29 is 14.3 Å². The summed E-state index contributed by atoms with van der Waals surface area (Å²) >= 11 is 7.19. The highest BCUT2D eigenvalue weighted by molar-refractivity contribution is 6.26. The zero-order chi connectivity index (χ0) is 17.9. The highest BCUT2D eigenvalue weighted by atomic mass is 35.5. The van der Waals surface area contributed by atoms with Crippen LogP contribution in [0.4, 0.5) is 4.79 Å². The van der Waals surface area contributed by atoms with Crippen LogP contribution in [-0.2, 0) is 16.0 Å². The summed E-state index contributed by atoms with van der Waals surface area (Å²) in [6, 6.07) is 15.7. The van der Waals surface area contributed by atoms with Crippen LogP contribution in [-0.4, -0.2) is 37.8 Å². The van der Waals surface area contributed by atoms with Crippen molar-refractivity contribution in [2.45, 2.75) is 18.2 Å². The molecule has 0 saturated heterocycles. The number of likely N-dealkylation sites (N-methyl/N-ethyl adjacent to an activating group) is 1. The van der Waals surface area contributed by atoms with E-state index in [-0.39, 0.29) is 19.0 Å². The third-order valence-electron chi connectivity index (χ3n) is 4.45. The average molecular weight is 396 g/mol. The molecule has 1 aliphatic heterocycles. The minimum absolute atomic E-state index is 0. The van der Waals surface area contributed by atoms with Gasteiger partial charge in [0.05, 0.1) is 6.61 Å². The number of rotatable bonds is 3. The van der Waals surface area contributed by atoms with Gasteiger partial charge in [0, 0.05) is 13.1 Å². The van der Waals surface area contributed by atoms with E-state index < -0.39 is 11.0 Å². The molecule has 0 aliphatic carbocycles. The van der Waals surface area contributed by atoms with Gasteiger partial charge in [0.15, 0.2) is 0 Å². The molecule has 1 heterocycles. The molecule has 0 spiro atoms. The van der Waals surface area contributed by atoms with Crippen molar-refractivity contribution in [3.05, 3.63) is 65.2 Å². The van der Waals surface area contributed by atoms with Gasteiger partial charge < -0.3 is 14.4 Å². The quantitative estimate of drug-likeness (QED) is 0.431. The number of ether oxygens (including phenoxy) is 2. The molecule has 1 aliphatic rings. The number of hydrogen-bond donors (Lipinski definition) is 0. The van der Waals surface area contributed by atoms with Crippen molar-refractivity contribution >= 4 is 30.2 Å². The van der Waals surface area contributed by atoms with Crippen molar-refractivity contribution in [2.75, 3.05) is 26.7 Å². The topological polar surface area (TPSA) is 38.8 Å². The predicted molar refractivity (Wildman–Crippen MR) is 106 cm³/mol. The normalized spacial score (nSPS) is 19.7. The Morgan fingerprint density at radius 2 is 1.96 bits per heavy atom.